The zero-order chi connectivity index (χ0) is 20.1. The Balaban J connectivity index is 1.75. The van der Waals surface area contributed by atoms with Gasteiger partial charge in [-0.15, -0.1) is 0 Å². The highest BCUT2D eigenvalue weighted by Crippen LogP contribution is 2.34. The number of nitrogens with one attached hydrogen (secondary N) is 2. The van der Waals surface area contributed by atoms with Crippen LogP contribution in [-0.2, 0) is 16.0 Å². The largest absolute Gasteiger partial charge is 0.479 e. The van der Waals surface area contributed by atoms with Gasteiger partial charge in [0, 0.05) is 18.2 Å². The van der Waals surface area contributed by atoms with E-state index in [9.17, 15) is 9.59 Å². The van der Waals surface area contributed by atoms with Gasteiger partial charge in [0.1, 0.15) is 17.3 Å². The number of nitrogen functional groups attached to an aromatic ring is 1. The summed E-state index contributed by atoms with van der Waals surface area (Å²) < 4.78 is 10.6. The molecule has 0 radical (unpaired) electrons. The average molecular weight is 380 g/mol. The molecule has 0 aliphatic rings. The summed E-state index contributed by atoms with van der Waals surface area (Å²) in [7, 11) is 1.45. The second-order valence-corrected chi connectivity index (χ2v) is 6.06. The van der Waals surface area contributed by atoms with Crippen LogP contribution in [0.15, 0.2) is 53.1 Å². The number of nitrogens with zero attached hydrogens (tertiary/aromatic N) is 1. The van der Waals surface area contributed by atoms with Gasteiger partial charge in [-0.1, -0.05) is 12.1 Å². The van der Waals surface area contributed by atoms with Gasteiger partial charge in [0.05, 0.1) is 19.8 Å². The first-order chi connectivity index (χ1) is 13.5. The van der Waals surface area contributed by atoms with Gasteiger partial charge in [0.2, 0.25) is 17.7 Å². The molecule has 0 atom stereocenters. The second kappa shape index (κ2) is 8.26. The molecule has 2 aromatic heterocycles. The molecule has 0 spiro atoms. The van der Waals surface area contributed by atoms with E-state index in [-0.39, 0.29) is 24.1 Å². The summed E-state index contributed by atoms with van der Waals surface area (Å²) in [5.74, 6) is 0.640. The van der Waals surface area contributed by atoms with Crippen LogP contribution in [0, 0.1) is 0 Å². The van der Waals surface area contributed by atoms with E-state index < -0.39 is 0 Å². The fraction of sp³-hybridized carbons (Fsp3) is 0.150. The van der Waals surface area contributed by atoms with Crippen LogP contribution >= 0.6 is 0 Å². The molecule has 4 N–H and O–H groups in total. The van der Waals surface area contributed by atoms with E-state index in [4.69, 9.17) is 14.9 Å². The van der Waals surface area contributed by atoms with Crippen molar-refractivity contribution in [3.8, 4) is 17.2 Å². The lowest BCUT2D eigenvalue weighted by atomic mass is 10.1. The Morgan fingerprint density at radius 1 is 1.18 bits per heavy atom. The zero-order valence-electron chi connectivity index (χ0n) is 15.5. The standard InChI is InChI=1S/C20H20N4O4/c1-12(25)22-14-7-5-13(6-8-14)10-18(26)23-17-11-15(16-4-3-9-28-16)19(21)20(24-17)27-2/h3-9,11H,10,21H2,1-2H3,(H,22,25)(H,23,24,26). The SMILES string of the molecule is COc1nc(NC(=O)Cc2ccc(NC(C)=O)cc2)cc(-c2ccco2)c1N. The highest BCUT2D eigenvalue weighted by atomic mass is 16.5. The van der Waals surface area contributed by atoms with Crippen molar-refractivity contribution in [1.82, 2.24) is 4.98 Å². The molecule has 0 saturated carbocycles. The molecule has 1 aromatic carbocycles. The number of hydrogen-bond donors (Lipinski definition) is 3. The van der Waals surface area contributed by atoms with Crippen LogP contribution in [0.4, 0.5) is 17.2 Å². The van der Waals surface area contributed by atoms with Crippen LogP contribution in [0.3, 0.4) is 0 Å². The minimum absolute atomic E-state index is 0.144. The molecule has 0 aliphatic heterocycles. The van der Waals surface area contributed by atoms with E-state index in [0.717, 1.165) is 5.56 Å². The van der Waals surface area contributed by atoms with Crippen molar-refractivity contribution in [2.45, 2.75) is 13.3 Å². The van der Waals surface area contributed by atoms with Crippen molar-refractivity contribution in [2.24, 2.45) is 0 Å². The first kappa shape index (κ1) is 19.0. The lowest BCUT2D eigenvalue weighted by molar-refractivity contribution is -0.116. The van der Waals surface area contributed by atoms with Crippen LogP contribution < -0.4 is 21.1 Å². The molecule has 3 rings (SSSR count). The summed E-state index contributed by atoms with van der Waals surface area (Å²) in [6.45, 7) is 1.44. The molecule has 0 aliphatic carbocycles. The third-order valence-corrected chi connectivity index (χ3v) is 3.91. The summed E-state index contributed by atoms with van der Waals surface area (Å²) in [6.07, 6.45) is 1.68. The quantitative estimate of drug-likeness (QED) is 0.604. The summed E-state index contributed by atoms with van der Waals surface area (Å²) in [6, 6.07) is 12.2. The topological polar surface area (TPSA) is 119 Å². The maximum absolute atomic E-state index is 12.4. The Bertz CT molecular complexity index is 982. The van der Waals surface area contributed by atoms with Crippen LogP contribution in [-0.4, -0.2) is 23.9 Å². The maximum Gasteiger partial charge on any atom is 0.239 e. The van der Waals surface area contributed by atoms with Gasteiger partial charge in [0.15, 0.2) is 0 Å². The zero-order valence-corrected chi connectivity index (χ0v) is 15.5. The van der Waals surface area contributed by atoms with Crippen molar-refractivity contribution < 1.29 is 18.7 Å². The van der Waals surface area contributed by atoms with E-state index in [2.05, 4.69) is 15.6 Å². The molecule has 0 unspecified atom stereocenters. The van der Waals surface area contributed by atoms with Crippen LogP contribution in [0.5, 0.6) is 5.88 Å². The molecule has 8 nitrogen and oxygen atoms in total. The monoisotopic (exact) mass is 380 g/mol. The van der Waals surface area contributed by atoms with E-state index in [1.54, 1.807) is 42.5 Å². The highest BCUT2D eigenvalue weighted by Gasteiger charge is 2.15. The highest BCUT2D eigenvalue weighted by molar-refractivity contribution is 5.93. The van der Waals surface area contributed by atoms with Crippen LogP contribution in [0.25, 0.3) is 11.3 Å². The van der Waals surface area contributed by atoms with Crippen molar-refractivity contribution >= 4 is 29.0 Å². The molecule has 144 valence electrons. The Hall–Kier alpha value is -3.81. The van der Waals surface area contributed by atoms with Gasteiger partial charge in [0.25, 0.3) is 0 Å². The molecular weight excluding hydrogens is 360 g/mol. The van der Waals surface area contributed by atoms with E-state index in [1.807, 2.05) is 0 Å². The van der Waals surface area contributed by atoms with Gasteiger partial charge >= 0.3 is 0 Å². The number of pyridine rings is 1. The summed E-state index contributed by atoms with van der Waals surface area (Å²) >= 11 is 0. The number of nitrogens with two attached hydrogens (primary N) is 1. The van der Waals surface area contributed by atoms with Crippen molar-refractivity contribution in [3.63, 3.8) is 0 Å². The number of aromatic nitrogens is 1. The van der Waals surface area contributed by atoms with Gasteiger partial charge < -0.3 is 25.5 Å². The van der Waals surface area contributed by atoms with Crippen molar-refractivity contribution in [2.75, 3.05) is 23.5 Å². The Kier molecular flexibility index (Phi) is 5.59. The molecule has 0 saturated heterocycles. The minimum atomic E-state index is -0.253. The number of furan rings is 1. The van der Waals surface area contributed by atoms with Gasteiger partial charge in [-0.25, -0.2) is 0 Å². The molecule has 3 aromatic rings. The molecule has 0 bridgehead atoms. The number of rotatable bonds is 6. The third-order valence-electron chi connectivity index (χ3n) is 3.91. The van der Waals surface area contributed by atoms with Crippen LogP contribution in [0.1, 0.15) is 12.5 Å². The van der Waals surface area contributed by atoms with E-state index in [0.29, 0.717) is 28.5 Å². The normalized spacial score (nSPS) is 10.4. The molecule has 2 heterocycles. The van der Waals surface area contributed by atoms with Crippen LogP contribution in [0.2, 0.25) is 0 Å². The molecule has 28 heavy (non-hydrogen) atoms. The average Bonchev–Trinajstić information content (AvgIpc) is 3.18. The summed E-state index contributed by atoms with van der Waals surface area (Å²) in [4.78, 5) is 27.7. The molecule has 0 fully saturated rings. The smallest absolute Gasteiger partial charge is 0.239 e. The fourth-order valence-corrected chi connectivity index (χ4v) is 2.67. The first-order valence-corrected chi connectivity index (χ1v) is 8.51. The lowest BCUT2D eigenvalue weighted by Crippen LogP contribution is -2.16. The fourth-order valence-electron chi connectivity index (χ4n) is 2.67. The van der Waals surface area contributed by atoms with Gasteiger partial charge in [-0.05, 0) is 35.9 Å². The number of carbonyl (C=O) groups excluding carboxylic acids is 2. The number of anilines is 3. The summed E-state index contributed by atoms with van der Waals surface area (Å²) in [5, 5.41) is 5.42. The number of ether oxygens (including phenoxy) is 1. The number of carbonyl (C=O) groups is 2. The number of benzene rings is 1. The number of amides is 2. The second-order valence-electron chi connectivity index (χ2n) is 6.06. The number of hydrogen-bond acceptors (Lipinski definition) is 6. The van der Waals surface area contributed by atoms with E-state index in [1.165, 1.54) is 20.3 Å². The molecular formula is C20H20N4O4. The minimum Gasteiger partial charge on any atom is -0.479 e. The van der Waals surface area contributed by atoms with Crippen molar-refractivity contribution in [1.29, 1.82) is 0 Å². The van der Waals surface area contributed by atoms with Crippen molar-refractivity contribution in [3.05, 3.63) is 54.3 Å². The van der Waals surface area contributed by atoms with E-state index >= 15 is 0 Å². The van der Waals surface area contributed by atoms with Gasteiger partial charge in [-0.3, -0.25) is 9.59 Å². The first-order valence-electron chi connectivity index (χ1n) is 8.51. The Labute approximate surface area is 161 Å². The predicted octanol–water partition coefficient (Wildman–Crippen LogP) is 3.07. The Morgan fingerprint density at radius 3 is 2.54 bits per heavy atom. The predicted molar refractivity (Wildman–Crippen MR) is 106 cm³/mol. The Morgan fingerprint density at radius 2 is 1.93 bits per heavy atom. The summed E-state index contributed by atoms with van der Waals surface area (Å²) in [5.41, 5.74) is 8.43. The lowest BCUT2D eigenvalue weighted by Gasteiger charge is -2.12. The third kappa shape index (κ3) is 4.47. The maximum atomic E-state index is 12.4. The molecule has 2 amide bonds. The van der Waals surface area contributed by atoms with Gasteiger partial charge in [-0.2, -0.15) is 4.98 Å². The number of methoxy groups -OCH3 is 1. The molecule has 8 heteroatoms.